The van der Waals surface area contributed by atoms with Gasteiger partial charge in [-0.2, -0.15) is 5.10 Å². The number of nitrogens with zero attached hydrogens (tertiary/aromatic N) is 4. The van der Waals surface area contributed by atoms with Crippen LogP contribution in [0, 0.1) is 6.92 Å². The second kappa shape index (κ2) is 5.47. The summed E-state index contributed by atoms with van der Waals surface area (Å²) in [6.07, 6.45) is 1.60. The number of carbonyl (C=O) groups is 1. The Morgan fingerprint density at radius 1 is 1.53 bits per heavy atom. The predicted octanol–water partition coefficient (Wildman–Crippen LogP) is 0.822. The highest BCUT2D eigenvalue weighted by atomic mass is 16.2. The monoisotopic (exact) mass is 260 g/mol. The van der Waals surface area contributed by atoms with Crippen molar-refractivity contribution in [2.45, 2.75) is 13.5 Å². The van der Waals surface area contributed by atoms with Crippen LogP contribution in [0.25, 0.3) is 0 Å². The molecule has 0 radical (unpaired) electrons. The van der Waals surface area contributed by atoms with Crippen molar-refractivity contribution < 1.29 is 4.79 Å². The van der Waals surface area contributed by atoms with Crippen LogP contribution in [0.15, 0.2) is 18.3 Å². The number of H-pyrrole nitrogens is 1. The standard InChI is InChI=1S/C12H16N6O/c1-8-15-11(17-16-8)7-18(3)12(19)10-6-9(13-2)4-5-14-10/h4-6H,7H2,1-3H3,(H,13,14)(H,15,16,17). The predicted molar refractivity (Wildman–Crippen MR) is 70.7 cm³/mol. The fraction of sp³-hybridized carbons (Fsp3) is 0.333. The van der Waals surface area contributed by atoms with Crippen molar-refractivity contribution >= 4 is 11.6 Å². The molecule has 0 aliphatic heterocycles. The van der Waals surface area contributed by atoms with Crippen LogP contribution in [-0.2, 0) is 6.54 Å². The highest BCUT2D eigenvalue weighted by molar-refractivity contribution is 5.92. The van der Waals surface area contributed by atoms with Crippen LogP contribution in [0.1, 0.15) is 22.1 Å². The second-order valence-corrected chi connectivity index (χ2v) is 4.18. The van der Waals surface area contributed by atoms with Gasteiger partial charge in [0.05, 0.1) is 6.54 Å². The Kier molecular flexibility index (Phi) is 3.74. The summed E-state index contributed by atoms with van der Waals surface area (Å²) in [5, 5.41) is 9.72. The minimum atomic E-state index is -0.167. The van der Waals surface area contributed by atoms with Crippen LogP contribution in [0.2, 0.25) is 0 Å². The van der Waals surface area contributed by atoms with Gasteiger partial charge in [-0.1, -0.05) is 0 Å². The highest BCUT2D eigenvalue weighted by Crippen LogP contribution is 2.09. The molecule has 2 N–H and O–H groups in total. The lowest BCUT2D eigenvalue weighted by Crippen LogP contribution is -2.27. The Bertz CT molecular complexity index is 579. The van der Waals surface area contributed by atoms with Crippen LogP contribution < -0.4 is 5.32 Å². The minimum Gasteiger partial charge on any atom is -0.388 e. The average Bonchev–Trinajstić information content (AvgIpc) is 2.83. The van der Waals surface area contributed by atoms with Crippen LogP contribution in [0.4, 0.5) is 5.69 Å². The van der Waals surface area contributed by atoms with Crippen molar-refractivity contribution in [1.29, 1.82) is 0 Å². The molecule has 19 heavy (non-hydrogen) atoms. The molecule has 0 saturated heterocycles. The highest BCUT2D eigenvalue weighted by Gasteiger charge is 2.15. The van der Waals surface area contributed by atoms with Gasteiger partial charge in [0, 0.05) is 26.0 Å². The molecule has 7 heteroatoms. The molecule has 0 aliphatic rings. The van der Waals surface area contributed by atoms with Gasteiger partial charge in [-0.05, 0) is 19.1 Å². The lowest BCUT2D eigenvalue weighted by molar-refractivity contribution is 0.0776. The first-order valence-electron chi connectivity index (χ1n) is 5.87. The number of aromatic amines is 1. The van der Waals surface area contributed by atoms with E-state index in [1.807, 2.05) is 6.92 Å². The van der Waals surface area contributed by atoms with Gasteiger partial charge in [-0.25, -0.2) is 4.98 Å². The molecule has 0 fully saturated rings. The van der Waals surface area contributed by atoms with Crippen LogP contribution in [0.5, 0.6) is 0 Å². The van der Waals surface area contributed by atoms with Crippen molar-refractivity contribution in [3.63, 3.8) is 0 Å². The van der Waals surface area contributed by atoms with Crippen molar-refractivity contribution in [3.8, 4) is 0 Å². The average molecular weight is 260 g/mol. The quantitative estimate of drug-likeness (QED) is 0.850. The van der Waals surface area contributed by atoms with Gasteiger partial charge in [0.25, 0.3) is 5.91 Å². The lowest BCUT2D eigenvalue weighted by Gasteiger charge is -2.14. The Labute approximate surface area is 111 Å². The van der Waals surface area contributed by atoms with Crippen LogP contribution in [0.3, 0.4) is 0 Å². The first-order chi connectivity index (χ1) is 9.10. The SMILES string of the molecule is CNc1ccnc(C(=O)N(C)Cc2n[nH]c(C)n2)c1. The van der Waals surface area contributed by atoms with Gasteiger partial charge in [0.1, 0.15) is 11.5 Å². The van der Waals surface area contributed by atoms with E-state index in [1.54, 1.807) is 32.4 Å². The van der Waals surface area contributed by atoms with E-state index in [9.17, 15) is 4.79 Å². The number of pyridine rings is 1. The van der Waals surface area contributed by atoms with Crippen molar-refractivity contribution in [1.82, 2.24) is 25.1 Å². The van der Waals surface area contributed by atoms with E-state index in [0.29, 0.717) is 18.1 Å². The molecule has 0 aliphatic carbocycles. The van der Waals surface area contributed by atoms with Gasteiger partial charge < -0.3 is 10.2 Å². The molecule has 0 saturated carbocycles. The zero-order valence-electron chi connectivity index (χ0n) is 11.1. The molecule has 1 amide bonds. The number of aromatic nitrogens is 4. The topological polar surface area (TPSA) is 86.8 Å². The molecular weight excluding hydrogens is 244 g/mol. The summed E-state index contributed by atoms with van der Waals surface area (Å²) in [4.78, 5) is 22.0. The molecule has 0 atom stereocenters. The van der Waals surface area contributed by atoms with Gasteiger partial charge in [-0.3, -0.25) is 14.9 Å². The molecule has 2 aromatic rings. The van der Waals surface area contributed by atoms with E-state index < -0.39 is 0 Å². The Balaban J connectivity index is 2.09. The van der Waals surface area contributed by atoms with Crippen molar-refractivity contribution in [2.75, 3.05) is 19.4 Å². The first kappa shape index (κ1) is 13.0. The van der Waals surface area contributed by atoms with E-state index in [4.69, 9.17) is 0 Å². The summed E-state index contributed by atoms with van der Waals surface area (Å²) in [5.74, 6) is 1.14. The lowest BCUT2D eigenvalue weighted by atomic mass is 10.3. The summed E-state index contributed by atoms with van der Waals surface area (Å²) >= 11 is 0. The molecule has 2 rings (SSSR count). The number of nitrogens with one attached hydrogen (secondary N) is 2. The number of amides is 1. The second-order valence-electron chi connectivity index (χ2n) is 4.18. The summed E-state index contributed by atoms with van der Waals surface area (Å²) in [5.41, 5.74) is 1.24. The number of hydrogen-bond donors (Lipinski definition) is 2. The zero-order valence-corrected chi connectivity index (χ0v) is 11.1. The maximum atomic E-state index is 12.2. The van der Waals surface area contributed by atoms with Crippen molar-refractivity contribution in [3.05, 3.63) is 35.7 Å². The number of hydrogen-bond acceptors (Lipinski definition) is 5. The summed E-state index contributed by atoms with van der Waals surface area (Å²) in [6.45, 7) is 2.16. The summed E-state index contributed by atoms with van der Waals surface area (Å²) in [6, 6.07) is 3.51. The number of rotatable bonds is 4. The summed E-state index contributed by atoms with van der Waals surface area (Å²) in [7, 11) is 3.49. The third kappa shape index (κ3) is 3.06. The summed E-state index contributed by atoms with van der Waals surface area (Å²) < 4.78 is 0. The molecule has 0 aromatic carbocycles. The van der Waals surface area contributed by atoms with E-state index in [1.165, 1.54) is 4.90 Å². The molecule has 7 nitrogen and oxygen atoms in total. The molecular formula is C12H16N6O. The van der Waals surface area contributed by atoms with E-state index in [0.717, 1.165) is 11.5 Å². The third-order valence-corrected chi connectivity index (χ3v) is 2.64. The maximum Gasteiger partial charge on any atom is 0.272 e. The van der Waals surface area contributed by atoms with Crippen LogP contribution >= 0.6 is 0 Å². The molecule has 0 bridgehead atoms. The maximum absolute atomic E-state index is 12.2. The molecule has 0 unspecified atom stereocenters. The molecule has 2 heterocycles. The van der Waals surface area contributed by atoms with E-state index in [2.05, 4.69) is 25.5 Å². The van der Waals surface area contributed by atoms with E-state index in [-0.39, 0.29) is 5.91 Å². The molecule has 100 valence electrons. The fourth-order valence-electron chi connectivity index (χ4n) is 1.64. The number of aryl methyl sites for hydroxylation is 1. The first-order valence-corrected chi connectivity index (χ1v) is 5.87. The van der Waals surface area contributed by atoms with Crippen LogP contribution in [-0.4, -0.2) is 45.1 Å². The van der Waals surface area contributed by atoms with Crippen molar-refractivity contribution in [2.24, 2.45) is 0 Å². The van der Waals surface area contributed by atoms with Gasteiger partial charge in [0.2, 0.25) is 0 Å². The number of anilines is 1. The Morgan fingerprint density at radius 2 is 2.32 bits per heavy atom. The Hall–Kier alpha value is -2.44. The number of carbonyl (C=O) groups excluding carboxylic acids is 1. The molecule has 2 aromatic heterocycles. The smallest absolute Gasteiger partial charge is 0.272 e. The fourth-order valence-corrected chi connectivity index (χ4v) is 1.64. The minimum absolute atomic E-state index is 0.167. The normalized spacial score (nSPS) is 10.3. The van der Waals surface area contributed by atoms with Gasteiger partial charge in [-0.15, -0.1) is 0 Å². The van der Waals surface area contributed by atoms with Gasteiger partial charge in [0.15, 0.2) is 5.82 Å². The zero-order chi connectivity index (χ0) is 13.8. The third-order valence-electron chi connectivity index (χ3n) is 2.64. The van der Waals surface area contributed by atoms with Gasteiger partial charge >= 0.3 is 0 Å². The molecule has 0 spiro atoms. The largest absolute Gasteiger partial charge is 0.388 e. The Morgan fingerprint density at radius 3 is 2.95 bits per heavy atom. The van der Waals surface area contributed by atoms with E-state index >= 15 is 0 Å².